The van der Waals surface area contributed by atoms with E-state index in [9.17, 15) is 14.4 Å². The van der Waals surface area contributed by atoms with E-state index in [0.29, 0.717) is 43.4 Å². The Kier molecular flexibility index (Phi) is 9.67. The molecule has 0 N–H and O–H groups in total. The third-order valence-corrected chi connectivity index (χ3v) is 3.62. The van der Waals surface area contributed by atoms with Gasteiger partial charge < -0.3 is 9.47 Å². The van der Waals surface area contributed by atoms with Gasteiger partial charge in [0.1, 0.15) is 17.2 Å². The Morgan fingerprint density at radius 3 is 2.23 bits per heavy atom. The molecule has 0 fully saturated rings. The van der Waals surface area contributed by atoms with E-state index in [0.717, 1.165) is 0 Å². The third kappa shape index (κ3) is 7.46. The van der Waals surface area contributed by atoms with Crippen LogP contribution in [0.5, 0.6) is 5.75 Å². The highest BCUT2D eigenvalue weighted by atomic mass is 16.8. The van der Waals surface area contributed by atoms with E-state index in [-0.39, 0.29) is 23.9 Å². The molecule has 0 heterocycles. The number of unbranched alkanes of at least 4 members (excludes halogenated alkanes) is 1. The first kappa shape index (κ1) is 21.3. The maximum absolute atomic E-state index is 12.6. The fourth-order valence-corrected chi connectivity index (χ4v) is 2.14. The summed E-state index contributed by atoms with van der Waals surface area (Å²) in [5.41, 5.74) is 0.508. The first-order chi connectivity index (χ1) is 12.5. The summed E-state index contributed by atoms with van der Waals surface area (Å²) >= 11 is 0. The summed E-state index contributed by atoms with van der Waals surface area (Å²) in [5.74, 6) is 0.451. The van der Waals surface area contributed by atoms with Crippen LogP contribution < -0.4 is 4.74 Å². The van der Waals surface area contributed by atoms with E-state index in [1.807, 2.05) is 6.92 Å². The molecule has 0 aromatic heterocycles. The quantitative estimate of drug-likeness (QED) is 0.148. The van der Waals surface area contributed by atoms with Crippen molar-refractivity contribution in [3.63, 3.8) is 0 Å². The lowest BCUT2D eigenvalue weighted by Crippen LogP contribution is -2.16. The average molecular weight is 363 g/mol. The van der Waals surface area contributed by atoms with Gasteiger partial charge in [0.15, 0.2) is 0 Å². The van der Waals surface area contributed by atoms with E-state index < -0.39 is 6.16 Å². The Labute approximate surface area is 153 Å². The molecule has 0 spiro atoms. The molecule has 0 aliphatic carbocycles. The van der Waals surface area contributed by atoms with Gasteiger partial charge in [0, 0.05) is 18.4 Å². The monoisotopic (exact) mass is 363 g/mol. The second kappa shape index (κ2) is 11.8. The predicted octanol–water partition coefficient (Wildman–Crippen LogP) is 3.95. The number of ether oxygens (including phenoxy) is 2. The van der Waals surface area contributed by atoms with E-state index in [4.69, 9.17) is 4.74 Å². The van der Waals surface area contributed by atoms with Crippen LogP contribution in [0.15, 0.2) is 29.4 Å². The van der Waals surface area contributed by atoms with Crippen molar-refractivity contribution in [2.75, 3.05) is 13.7 Å². The molecule has 26 heavy (non-hydrogen) atoms. The molecule has 7 heteroatoms. The zero-order chi connectivity index (χ0) is 19.4. The van der Waals surface area contributed by atoms with Crippen LogP contribution >= 0.6 is 0 Å². The van der Waals surface area contributed by atoms with Crippen molar-refractivity contribution in [3.8, 4) is 5.75 Å². The van der Waals surface area contributed by atoms with Crippen molar-refractivity contribution >= 4 is 23.4 Å². The molecule has 0 unspecified atom stereocenters. The topological polar surface area (TPSA) is 91.3 Å². The molecule has 0 amide bonds. The molecule has 0 saturated carbocycles. The molecule has 142 valence electrons. The Morgan fingerprint density at radius 2 is 1.65 bits per heavy atom. The normalized spacial score (nSPS) is 11.0. The maximum atomic E-state index is 12.6. The highest BCUT2D eigenvalue weighted by Gasteiger charge is 2.16. The van der Waals surface area contributed by atoms with Crippen molar-refractivity contribution in [2.24, 2.45) is 5.16 Å². The lowest BCUT2D eigenvalue weighted by molar-refractivity contribution is -0.118. The second-order valence-corrected chi connectivity index (χ2v) is 5.47. The van der Waals surface area contributed by atoms with Crippen LogP contribution in [-0.4, -0.2) is 37.2 Å². The van der Waals surface area contributed by atoms with Crippen LogP contribution in [0.3, 0.4) is 0 Å². The van der Waals surface area contributed by atoms with E-state index >= 15 is 0 Å². The Morgan fingerprint density at radius 1 is 1.00 bits per heavy atom. The molecule has 0 saturated heterocycles. The Hall–Kier alpha value is -2.70. The number of carbonyl (C=O) groups is 3. The number of Topliss-reactive ketones (excluding diaryl/α,β-unsaturated/α-hetero) is 2. The SMILES string of the molecule is CCOC(=O)O/N=C(\CCCCC(=O)CC)C(=O)c1ccc(OC)cc1. The highest BCUT2D eigenvalue weighted by molar-refractivity contribution is 6.45. The number of rotatable bonds is 11. The number of hydrogen-bond donors (Lipinski definition) is 0. The summed E-state index contributed by atoms with van der Waals surface area (Å²) in [5, 5.41) is 3.67. The van der Waals surface area contributed by atoms with Crippen molar-refractivity contribution in [1.82, 2.24) is 0 Å². The summed E-state index contributed by atoms with van der Waals surface area (Å²) in [7, 11) is 1.54. The smallest absolute Gasteiger partial charge is 0.497 e. The second-order valence-electron chi connectivity index (χ2n) is 5.47. The molecule has 1 rings (SSSR count). The van der Waals surface area contributed by atoms with Crippen LogP contribution in [-0.2, 0) is 14.4 Å². The van der Waals surface area contributed by atoms with Crippen molar-refractivity contribution < 1.29 is 28.7 Å². The predicted molar refractivity (Wildman–Crippen MR) is 96.6 cm³/mol. The fraction of sp³-hybridized carbons (Fsp3) is 0.474. The van der Waals surface area contributed by atoms with Gasteiger partial charge in [-0.2, -0.15) is 0 Å². The number of oxime groups is 1. The summed E-state index contributed by atoms with van der Waals surface area (Å²) in [6.45, 7) is 3.60. The van der Waals surface area contributed by atoms with Crippen molar-refractivity contribution in [1.29, 1.82) is 0 Å². The van der Waals surface area contributed by atoms with Crippen LogP contribution in [0.2, 0.25) is 0 Å². The van der Waals surface area contributed by atoms with Crippen molar-refractivity contribution in [3.05, 3.63) is 29.8 Å². The molecular weight excluding hydrogens is 338 g/mol. The fourth-order valence-electron chi connectivity index (χ4n) is 2.14. The molecule has 0 radical (unpaired) electrons. The van der Waals surface area contributed by atoms with Gasteiger partial charge in [-0.3, -0.25) is 14.4 Å². The van der Waals surface area contributed by atoms with Crippen LogP contribution in [0.4, 0.5) is 4.79 Å². The van der Waals surface area contributed by atoms with Gasteiger partial charge in [0.25, 0.3) is 0 Å². The lowest BCUT2D eigenvalue weighted by Gasteiger charge is -2.07. The van der Waals surface area contributed by atoms with Gasteiger partial charge in [-0.1, -0.05) is 12.1 Å². The van der Waals surface area contributed by atoms with Gasteiger partial charge in [-0.05, 0) is 50.5 Å². The number of carbonyl (C=O) groups excluding carboxylic acids is 3. The lowest BCUT2D eigenvalue weighted by atomic mass is 10.0. The van der Waals surface area contributed by atoms with Crippen molar-refractivity contribution in [2.45, 2.75) is 46.0 Å². The molecule has 0 aliphatic rings. The number of nitrogens with zero attached hydrogens (tertiary/aromatic N) is 1. The first-order valence-electron chi connectivity index (χ1n) is 8.62. The van der Waals surface area contributed by atoms with Gasteiger partial charge in [-0.25, -0.2) is 4.79 Å². The van der Waals surface area contributed by atoms with Crippen LogP contribution in [0.25, 0.3) is 0 Å². The highest BCUT2D eigenvalue weighted by Crippen LogP contribution is 2.14. The summed E-state index contributed by atoms with van der Waals surface area (Å²) in [4.78, 5) is 40.0. The van der Waals surface area contributed by atoms with E-state index in [1.54, 1.807) is 31.2 Å². The standard InChI is InChI=1S/C19H25NO6/c1-4-15(21)8-6-7-9-17(20-26-19(23)25-5-2)18(22)14-10-12-16(24-3)13-11-14/h10-13H,4-9H2,1-3H3/b20-17+. The van der Waals surface area contributed by atoms with Crippen LogP contribution in [0.1, 0.15) is 56.3 Å². The van der Waals surface area contributed by atoms with Crippen LogP contribution in [0, 0.1) is 0 Å². The zero-order valence-electron chi connectivity index (χ0n) is 15.4. The Bertz CT molecular complexity index is 636. The third-order valence-electron chi connectivity index (χ3n) is 3.62. The molecule has 1 aromatic carbocycles. The van der Waals surface area contributed by atoms with Gasteiger partial charge in [0.05, 0.1) is 13.7 Å². The molecule has 0 aliphatic heterocycles. The molecule has 0 atom stereocenters. The first-order valence-corrected chi connectivity index (χ1v) is 8.62. The largest absolute Gasteiger partial charge is 0.535 e. The molecular formula is C19H25NO6. The van der Waals surface area contributed by atoms with Gasteiger partial charge in [-0.15, -0.1) is 0 Å². The Balaban J connectivity index is 2.80. The zero-order valence-corrected chi connectivity index (χ0v) is 15.4. The number of methoxy groups -OCH3 is 1. The number of ketones is 2. The minimum atomic E-state index is -0.964. The number of benzene rings is 1. The summed E-state index contributed by atoms with van der Waals surface area (Å²) in [6, 6.07) is 6.55. The minimum absolute atomic E-state index is 0.104. The minimum Gasteiger partial charge on any atom is -0.497 e. The maximum Gasteiger partial charge on any atom is 0.535 e. The average Bonchev–Trinajstić information content (AvgIpc) is 2.66. The molecule has 7 nitrogen and oxygen atoms in total. The molecule has 1 aromatic rings. The van der Waals surface area contributed by atoms with E-state index in [2.05, 4.69) is 14.7 Å². The van der Waals surface area contributed by atoms with E-state index in [1.165, 1.54) is 7.11 Å². The molecule has 0 bridgehead atoms. The summed E-state index contributed by atoms with van der Waals surface area (Å²) in [6.07, 6.45) is 1.51. The summed E-state index contributed by atoms with van der Waals surface area (Å²) < 4.78 is 9.71. The van der Waals surface area contributed by atoms with Gasteiger partial charge in [0.2, 0.25) is 5.78 Å². The van der Waals surface area contributed by atoms with Gasteiger partial charge >= 0.3 is 6.16 Å². The number of hydrogen-bond acceptors (Lipinski definition) is 7.